The van der Waals surface area contributed by atoms with E-state index in [0.29, 0.717) is 17.6 Å². The number of aromatic nitrogens is 2. The number of piperazine rings is 1. The van der Waals surface area contributed by atoms with Crippen LogP contribution in [0.3, 0.4) is 0 Å². The molecule has 0 spiro atoms. The Morgan fingerprint density at radius 3 is 2.50 bits per heavy atom. The lowest BCUT2D eigenvalue weighted by Crippen LogP contribution is -2.51. The largest absolute Gasteiger partial charge is 0.372 e. The molecule has 2 rings (SSSR count). The topological polar surface area (TPSA) is 61.4 Å². The molecule has 1 atom stereocenters. The first-order valence-corrected chi connectivity index (χ1v) is 7.20. The molecule has 0 saturated carbocycles. The van der Waals surface area contributed by atoms with E-state index in [0.717, 1.165) is 32.6 Å². The van der Waals surface area contributed by atoms with Crippen LogP contribution in [-0.4, -0.2) is 65.2 Å². The molecular weight excluding hydrogens is 254 g/mol. The van der Waals surface area contributed by atoms with Gasteiger partial charge in [0.15, 0.2) is 5.69 Å². The predicted molar refractivity (Wildman–Crippen MR) is 78.8 cm³/mol. The summed E-state index contributed by atoms with van der Waals surface area (Å²) in [5.41, 5.74) is 0.418. The predicted octanol–water partition coefficient (Wildman–Crippen LogP) is 1.07. The van der Waals surface area contributed by atoms with E-state index in [-0.39, 0.29) is 5.91 Å². The van der Waals surface area contributed by atoms with Crippen molar-refractivity contribution in [2.45, 2.75) is 26.3 Å². The smallest absolute Gasteiger partial charge is 0.274 e. The average Bonchev–Trinajstić information content (AvgIpc) is 2.53. The molecule has 1 aromatic rings. The third kappa shape index (κ3) is 3.25. The molecule has 1 unspecified atom stereocenters. The summed E-state index contributed by atoms with van der Waals surface area (Å²) in [4.78, 5) is 16.6. The summed E-state index contributed by atoms with van der Waals surface area (Å²) in [6.45, 7) is 7.82. The average molecular weight is 277 g/mol. The second-order valence-electron chi connectivity index (χ2n) is 5.14. The van der Waals surface area contributed by atoms with Crippen molar-refractivity contribution < 1.29 is 4.79 Å². The van der Waals surface area contributed by atoms with Crippen LogP contribution in [0, 0.1) is 0 Å². The molecule has 0 radical (unpaired) electrons. The molecule has 110 valence electrons. The Hall–Kier alpha value is -1.69. The van der Waals surface area contributed by atoms with Crippen molar-refractivity contribution in [1.82, 2.24) is 20.0 Å². The lowest BCUT2D eigenvalue weighted by molar-refractivity contribution is 0.0573. The van der Waals surface area contributed by atoms with Crippen molar-refractivity contribution in [3.05, 3.63) is 17.8 Å². The van der Waals surface area contributed by atoms with Crippen LogP contribution in [0.5, 0.6) is 0 Å². The summed E-state index contributed by atoms with van der Waals surface area (Å²) in [7, 11) is 1.78. The van der Waals surface area contributed by atoms with E-state index >= 15 is 0 Å². The highest BCUT2D eigenvalue weighted by molar-refractivity contribution is 5.92. The lowest BCUT2D eigenvalue weighted by atomic mass is 10.2. The summed E-state index contributed by atoms with van der Waals surface area (Å²) < 4.78 is 0. The number of nitrogens with one attached hydrogen (secondary N) is 1. The minimum absolute atomic E-state index is 0.0241. The van der Waals surface area contributed by atoms with E-state index in [1.54, 1.807) is 19.2 Å². The fourth-order valence-electron chi connectivity index (χ4n) is 2.37. The molecule has 1 aliphatic heterocycles. The molecule has 2 heterocycles. The van der Waals surface area contributed by atoms with Gasteiger partial charge in [-0.25, -0.2) is 0 Å². The molecule has 0 aromatic carbocycles. The first-order valence-electron chi connectivity index (χ1n) is 7.20. The maximum atomic E-state index is 12.3. The fourth-order valence-corrected chi connectivity index (χ4v) is 2.37. The van der Waals surface area contributed by atoms with E-state index < -0.39 is 0 Å². The van der Waals surface area contributed by atoms with Crippen LogP contribution in [0.4, 0.5) is 5.82 Å². The van der Waals surface area contributed by atoms with Gasteiger partial charge in [-0.3, -0.25) is 9.69 Å². The Labute approximate surface area is 120 Å². The molecule has 1 aromatic heterocycles. The number of nitrogens with zero attached hydrogens (tertiary/aromatic N) is 4. The minimum atomic E-state index is -0.0241. The van der Waals surface area contributed by atoms with Gasteiger partial charge in [0.1, 0.15) is 5.82 Å². The molecule has 1 N–H and O–H groups in total. The van der Waals surface area contributed by atoms with Gasteiger partial charge in [0.2, 0.25) is 0 Å². The monoisotopic (exact) mass is 277 g/mol. The zero-order valence-electron chi connectivity index (χ0n) is 12.5. The summed E-state index contributed by atoms with van der Waals surface area (Å²) >= 11 is 0. The summed E-state index contributed by atoms with van der Waals surface area (Å²) in [6.07, 6.45) is 1.14. The molecular formula is C14H23N5O. The van der Waals surface area contributed by atoms with Crippen LogP contribution in [0.25, 0.3) is 0 Å². The first-order chi connectivity index (χ1) is 9.65. The van der Waals surface area contributed by atoms with E-state index in [1.165, 1.54) is 0 Å². The van der Waals surface area contributed by atoms with Crippen LogP contribution in [0.1, 0.15) is 30.8 Å². The first kappa shape index (κ1) is 14.7. The SMILES string of the molecule is CCC(C)N1CCN(C(=O)c2ccc(NC)nn2)CC1. The van der Waals surface area contributed by atoms with Crippen LogP contribution >= 0.6 is 0 Å². The third-order valence-electron chi connectivity index (χ3n) is 3.96. The van der Waals surface area contributed by atoms with Crippen molar-refractivity contribution >= 4 is 11.7 Å². The Morgan fingerprint density at radius 1 is 1.30 bits per heavy atom. The van der Waals surface area contributed by atoms with Gasteiger partial charge in [-0.1, -0.05) is 6.92 Å². The molecule has 1 saturated heterocycles. The number of carbonyl (C=O) groups excluding carboxylic acids is 1. The zero-order chi connectivity index (χ0) is 14.5. The number of hydrogen-bond acceptors (Lipinski definition) is 5. The van der Waals surface area contributed by atoms with Crippen molar-refractivity contribution in [3.63, 3.8) is 0 Å². The Bertz CT molecular complexity index is 439. The standard InChI is InChI=1S/C14H23N5O/c1-4-11(2)18-7-9-19(10-8-18)14(20)12-5-6-13(15-3)17-16-12/h5-6,11H,4,7-10H2,1-3H3,(H,15,17). The highest BCUT2D eigenvalue weighted by Crippen LogP contribution is 2.11. The normalized spacial score (nSPS) is 17.9. The summed E-state index contributed by atoms with van der Waals surface area (Å²) in [5.74, 6) is 0.645. The van der Waals surface area contributed by atoms with Gasteiger partial charge in [-0.05, 0) is 25.5 Å². The van der Waals surface area contributed by atoms with Gasteiger partial charge in [0, 0.05) is 39.3 Å². The number of rotatable bonds is 4. The van der Waals surface area contributed by atoms with E-state index in [9.17, 15) is 4.79 Å². The highest BCUT2D eigenvalue weighted by Gasteiger charge is 2.24. The molecule has 0 bridgehead atoms. The molecule has 1 fully saturated rings. The zero-order valence-corrected chi connectivity index (χ0v) is 12.5. The van der Waals surface area contributed by atoms with Gasteiger partial charge >= 0.3 is 0 Å². The summed E-state index contributed by atoms with van der Waals surface area (Å²) in [6, 6.07) is 4.08. The molecule has 6 heteroatoms. The lowest BCUT2D eigenvalue weighted by Gasteiger charge is -2.37. The van der Waals surface area contributed by atoms with Crippen LogP contribution in [-0.2, 0) is 0 Å². The number of anilines is 1. The fraction of sp³-hybridized carbons (Fsp3) is 0.643. The van der Waals surface area contributed by atoms with E-state index in [2.05, 4.69) is 34.3 Å². The van der Waals surface area contributed by atoms with Crippen molar-refractivity contribution in [2.75, 3.05) is 38.5 Å². The highest BCUT2D eigenvalue weighted by atomic mass is 16.2. The second kappa shape index (κ2) is 6.65. The van der Waals surface area contributed by atoms with Crippen molar-refractivity contribution in [1.29, 1.82) is 0 Å². The number of carbonyl (C=O) groups is 1. The van der Waals surface area contributed by atoms with Crippen molar-refractivity contribution in [2.24, 2.45) is 0 Å². The maximum absolute atomic E-state index is 12.3. The second-order valence-corrected chi connectivity index (χ2v) is 5.14. The molecule has 1 aliphatic rings. The molecule has 6 nitrogen and oxygen atoms in total. The quantitative estimate of drug-likeness (QED) is 0.892. The number of amides is 1. The molecule has 1 amide bonds. The van der Waals surface area contributed by atoms with Crippen LogP contribution in [0.2, 0.25) is 0 Å². The Kier molecular flexibility index (Phi) is 4.89. The van der Waals surface area contributed by atoms with Gasteiger partial charge in [0.05, 0.1) is 0 Å². The van der Waals surface area contributed by atoms with Gasteiger partial charge in [-0.2, -0.15) is 0 Å². The Morgan fingerprint density at radius 2 is 2.00 bits per heavy atom. The van der Waals surface area contributed by atoms with Crippen LogP contribution < -0.4 is 5.32 Å². The van der Waals surface area contributed by atoms with Crippen molar-refractivity contribution in [3.8, 4) is 0 Å². The van der Waals surface area contributed by atoms with Gasteiger partial charge in [-0.15, -0.1) is 10.2 Å². The van der Waals surface area contributed by atoms with Crippen LogP contribution in [0.15, 0.2) is 12.1 Å². The molecule has 0 aliphatic carbocycles. The number of hydrogen-bond donors (Lipinski definition) is 1. The van der Waals surface area contributed by atoms with E-state index in [1.807, 2.05) is 4.90 Å². The van der Waals surface area contributed by atoms with Gasteiger partial charge in [0.25, 0.3) is 5.91 Å². The van der Waals surface area contributed by atoms with Gasteiger partial charge < -0.3 is 10.2 Å². The van der Waals surface area contributed by atoms with E-state index in [4.69, 9.17) is 0 Å². The third-order valence-corrected chi connectivity index (χ3v) is 3.96. The maximum Gasteiger partial charge on any atom is 0.274 e. The Balaban J connectivity index is 1.94. The molecule has 20 heavy (non-hydrogen) atoms. The summed E-state index contributed by atoms with van der Waals surface area (Å²) in [5, 5.41) is 10.8. The minimum Gasteiger partial charge on any atom is -0.372 e.